The van der Waals surface area contributed by atoms with Crippen molar-refractivity contribution in [3.8, 4) is 0 Å². The van der Waals surface area contributed by atoms with Crippen LogP contribution in [0, 0.1) is 5.92 Å². The lowest BCUT2D eigenvalue weighted by Gasteiger charge is -2.35. The Hall–Kier alpha value is -1.03. The molecule has 0 radical (unpaired) electrons. The van der Waals surface area contributed by atoms with Gasteiger partial charge in [-0.15, -0.1) is 0 Å². The zero-order valence-electron chi connectivity index (χ0n) is 13.3. The number of nitrogens with one attached hydrogen (secondary N) is 1. The van der Waals surface area contributed by atoms with Crippen LogP contribution in [0.3, 0.4) is 0 Å². The van der Waals surface area contributed by atoms with Crippen LogP contribution in [0.15, 0.2) is 4.52 Å². The topological polar surface area (TPSA) is 114 Å². The summed E-state index contributed by atoms with van der Waals surface area (Å²) in [6.45, 7) is 8.16. The van der Waals surface area contributed by atoms with Crippen molar-refractivity contribution in [2.24, 2.45) is 11.1 Å². The van der Waals surface area contributed by atoms with Crippen molar-refractivity contribution in [1.82, 2.24) is 19.8 Å². The Kier molecular flexibility index (Phi) is 5.54. The Morgan fingerprint density at radius 1 is 1.45 bits per heavy atom. The van der Waals surface area contributed by atoms with Gasteiger partial charge in [0.25, 0.3) is 10.2 Å². The third-order valence-electron chi connectivity index (χ3n) is 4.00. The van der Waals surface area contributed by atoms with Gasteiger partial charge in [0.1, 0.15) is 0 Å². The molecule has 2 heterocycles. The van der Waals surface area contributed by atoms with Crippen LogP contribution < -0.4 is 9.86 Å². The van der Waals surface area contributed by atoms with E-state index < -0.39 is 10.2 Å². The normalized spacial score (nSPS) is 22.1. The van der Waals surface area contributed by atoms with E-state index in [0.717, 1.165) is 25.9 Å². The number of likely N-dealkylation sites (tertiary alicyclic amines) is 1. The minimum Gasteiger partial charge on any atom is -0.338 e. The molecule has 0 aliphatic carbocycles. The number of hydrogen-bond acceptors (Lipinski definition) is 6. The third-order valence-corrected chi connectivity index (χ3v) is 4.57. The molecule has 0 bridgehead atoms. The first-order chi connectivity index (χ1) is 10.3. The zero-order valence-corrected chi connectivity index (χ0v) is 14.1. The van der Waals surface area contributed by atoms with Crippen LogP contribution in [-0.4, -0.2) is 43.1 Å². The van der Waals surface area contributed by atoms with Crippen LogP contribution in [0.1, 0.15) is 57.3 Å². The maximum atomic E-state index is 11.0. The van der Waals surface area contributed by atoms with Crippen LogP contribution in [0.5, 0.6) is 0 Å². The summed E-state index contributed by atoms with van der Waals surface area (Å²) in [5.41, 5.74) is 0. The van der Waals surface area contributed by atoms with Crippen molar-refractivity contribution in [2.45, 2.75) is 45.6 Å². The van der Waals surface area contributed by atoms with Crippen molar-refractivity contribution < 1.29 is 12.9 Å². The molecule has 1 fully saturated rings. The lowest BCUT2D eigenvalue weighted by atomic mass is 9.97. The molecule has 0 spiro atoms. The zero-order chi connectivity index (χ0) is 16.3. The molecule has 0 aromatic carbocycles. The van der Waals surface area contributed by atoms with Crippen LogP contribution in [-0.2, 0) is 10.2 Å². The van der Waals surface area contributed by atoms with Crippen LogP contribution in [0.25, 0.3) is 0 Å². The molecule has 1 aromatic heterocycles. The lowest BCUT2D eigenvalue weighted by molar-refractivity contribution is 0.112. The van der Waals surface area contributed by atoms with Gasteiger partial charge in [-0.1, -0.05) is 19.0 Å². The van der Waals surface area contributed by atoms with Crippen LogP contribution in [0.4, 0.5) is 0 Å². The second-order valence-corrected chi connectivity index (χ2v) is 7.60. The molecule has 1 aliphatic rings. The van der Waals surface area contributed by atoms with Gasteiger partial charge in [-0.2, -0.15) is 13.4 Å². The smallest absolute Gasteiger partial charge is 0.274 e. The molecule has 1 saturated heterocycles. The summed E-state index contributed by atoms with van der Waals surface area (Å²) in [4.78, 5) is 6.69. The summed E-state index contributed by atoms with van der Waals surface area (Å²) in [5, 5.41) is 8.98. The molecule has 2 atom stereocenters. The fourth-order valence-electron chi connectivity index (χ4n) is 2.66. The van der Waals surface area contributed by atoms with Gasteiger partial charge in [0.15, 0.2) is 5.82 Å². The minimum atomic E-state index is -3.63. The summed E-state index contributed by atoms with van der Waals surface area (Å²) in [7, 11) is -3.63. The Morgan fingerprint density at radius 2 is 2.18 bits per heavy atom. The molecule has 0 unspecified atom stereocenters. The van der Waals surface area contributed by atoms with E-state index in [1.165, 1.54) is 0 Å². The summed E-state index contributed by atoms with van der Waals surface area (Å²) >= 11 is 0. The molecular weight excluding hydrogens is 306 g/mol. The summed E-state index contributed by atoms with van der Waals surface area (Å²) in [6.07, 6.45) is 1.99. The molecule has 22 heavy (non-hydrogen) atoms. The molecule has 2 rings (SSSR count). The fourth-order valence-corrected chi connectivity index (χ4v) is 3.13. The van der Waals surface area contributed by atoms with E-state index in [-0.39, 0.29) is 17.9 Å². The highest BCUT2D eigenvalue weighted by Gasteiger charge is 2.28. The van der Waals surface area contributed by atoms with Crippen molar-refractivity contribution in [3.63, 3.8) is 0 Å². The van der Waals surface area contributed by atoms with Crippen molar-refractivity contribution in [1.29, 1.82) is 0 Å². The van der Waals surface area contributed by atoms with E-state index >= 15 is 0 Å². The first-order valence-electron chi connectivity index (χ1n) is 7.61. The molecule has 8 nitrogen and oxygen atoms in total. The number of hydrogen-bond donors (Lipinski definition) is 2. The Balaban J connectivity index is 1.95. The van der Waals surface area contributed by atoms with Gasteiger partial charge in [0, 0.05) is 19.0 Å². The average Bonchev–Trinajstić information content (AvgIpc) is 2.94. The predicted molar refractivity (Wildman–Crippen MR) is 82.2 cm³/mol. The van der Waals surface area contributed by atoms with E-state index in [1.54, 1.807) is 0 Å². The molecular formula is C13H25N5O3S. The number of nitrogens with zero attached hydrogens (tertiary/aromatic N) is 3. The van der Waals surface area contributed by atoms with Gasteiger partial charge in [-0.25, -0.2) is 9.86 Å². The molecule has 0 saturated carbocycles. The van der Waals surface area contributed by atoms with Crippen LogP contribution in [0.2, 0.25) is 0 Å². The first-order valence-corrected chi connectivity index (χ1v) is 9.16. The lowest BCUT2D eigenvalue weighted by Crippen LogP contribution is -2.43. The van der Waals surface area contributed by atoms with Crippen LogP contribution >= 0.6 is 0 Å². The first kappa shape index (κ1) is 17.3. The minimum absolute atomic E-state index is 0.0253. The van der Waals surface area contributed by atoms with Gasteiger partial charge in [-0.3, -0.25) is 4.90 Å². The van der Waals surface area contributed by atoms with E-state index in [1.807, 2.05) is 20.8 Å². The number of aromatic nitrogens is 2. The highest BCUT2D eigenvalue weighted by atomic mass is 32.2. The van der Waals surface area contributed by atoms with Gasteiger partial charge in [0.2, 0.25) is 5.89 Å². The van der Waals surface area contributed by atoms with Gasteiger partial charge in [-0.05, 0) is 32.2 Å². The molecule has 126 valence electrons. The standard InChI is InChI=1S/C13H25N5O3S/c1-9(2)12-16-13(21-17-12)10(3)18-6-4-5-11(8-18)7-15-22(14,19)20/h9-11,15H,4-8H2,1-3H3,(H2,14,19,20)/t10-,11+/m1/s1. The third kappa shape index (κ3) is 4.73. The Labute approximate surface area is 131 Å². The molecule has 1 aromatic rings. The SMILES string of the molecule is CC(C)c1noc([C@@H](C)N2CCC[C@@H](CNS(N)(=O)=O)C2)n1. The monoisotopic (exact) mass is 331 g/mol. The summed E-state index contributed by atoms with van der Waals surface area (Å²) < 4.78 is 29.7. The largest absolute Gasteiger partial charge is 0.338 e. The highest BCUT2D eigenvalue weighted by molar-refractivity contribution is 7.87. The summed E-state index contributed by atoms with van der Waals surface area (Å²) in [5.74, 6) is 1.80. The molecule has 1 aliphatic heterocycles. The van der Waals surface area contributed by atoms with Crippen molar-refractivity contribution in [3.05, 3.63) is 11.7 Å². The number of rotatable bonds is 6. The van der Waals surface area contributed by atoms with E-state index in [2.05, 4.69) is 19.8 Å². The Bertz CT molecular complexity index is 586. The van der Waals surface area contributed by atoms with E-state index in [9.17, 15) is 8.42 Å². The fraction of sp³-hybridized carbons (Fsp3) is 0.846. The van der Waals surface area contributed by atoms with E-state index in [4.69, 9.17) is 9.66 Å². The average molecular weight is 331 g/mol. The summed E-state index contributed by atoms with van der Waals surface area (Å²) in [6, 6.07) is 0.0253. The Morgan fingerprint density at radius 3 is 2.77 bits per heavy atom. The number of nitrogens with two attached hydrogens (primary N) is 1. The quantitative estimate of drug-likeness (QED) is 0.795. The molecule has 9 heteroatoms. The van der Waals surface area contributed by atoms with Crippen molar-refractivity contribution in [2.75, 3.05) is 19.6 Å². The van der Waals surface area contributed by atoms with Gasteiger partial charge >= 0.3 is 0 Å². The predicted octanol–water partition coefficient (Wildman–Crippen LogP) is 0.759. The van der Waals surface area contributed by atoms with Crippen molar-refractivity contribution >= 4 is 10.2 Å². The number of piperidine rings is 1. The van der Waals surface area contributed by atoms with Gasteiger partial charge < -0.3 is 4.52 Å². The maximum absolute atomic E-state index is 11.0. The van der Waals surface area contributed by atoms with E-state index in [0.29, 0.717) is 18.3 Å². The maximum Gasteiger partial charge on any atom is 0.274 e. The highest BCUT2D eigenvalue weighted by Crippen LogP contribution is 2.26. The van der Waals surface area contributed by atoms with Gasteiger partial charge in [0.05, 0.1) is 6.04 Å². The second-order valence-electron chi connectivity index (χ2n) is 6.22. The second kappa shape index (κ2) is 7.03. The molecule has 0 amide bonds. The molecule has 3 N–H and O–H groups in total.